The molecule has 0 heterocycles. The van der Waals surface area contributed by atoms with Crippen LogP contribution in [-0.4, -0.2) is 4.92 Å². The van der Waals surface area contributed by atoms with Crippen molar-refractivity contribution in [3.05, 3.63) is 63.7 Å². The molecule has 0 fully saturated rings. The molecule has 0 aliphatic carbocycles. The van der Waals surface area contributed by atoms with Gasteiger partial charge >= 0.3 is 5.69 Å². The molecule has 2 aromatic rings. The molecule has 0 radical (unpaired) electrons. The first kappa shape index (κ1) is 15.0. The highest BCUT2D eigenvalue weighted by atomic mass is 16.6. The van der Waals surface area contributed by atoms with Gasteiger partial charge in [0.25, 0.3) is 0 Å². The summed E-state index contributed by atoms with van der Waals surface area (Å²) >= 11 is 0. The Kier molecular flexibility index (Phi) is 4.55. The van der Waals surface area contributed by atoms with E-state index in [0.717, 1.165) is 17.5 Å². The van der Waals surface area contributed by atoms with E-state index in [4.69, 9.17) is 10.5 Å². The van der Waals surface area contributed by atoms with Crippen LogP contribution in [0.15, 0.2) is 42.5 Å². The largest absolute Gasteiger partial charge is 0.450 e. The van der Waals surface area contributed by atoms with Crippen molar-refractivity contribution >= 4 is 5.69 Å². The summed E-state index contributed by atoms with van der Waals surface area (Å²) in [7, 11) is 0. The Hall–Kier alpha value is -2.40. The predicted molar refractivity (Wildman–Crippen MR) is 81.6 cm³/mol. The molecule has 5 heteroatoms. The van der Waals surface area contributed by atoms with Crippen molar-refractivity contribution in [2.24, 2.45) is 5.73 Å². The van der Waals surface area contributed by atoms with Gasteiger partial charge in [-0.2, -0.15) is 0 Å². The average Bonchev–Trinajstić information content (AvgIpc) is 2.47. The highest BCUT2D eigenvalue weighted by Crippen LogP contribution is 2.32. The molecule has 0 saturated heterocycles. The number of nitro benzene ring substituents is 1. The predicted octanol–water partition coefficient (Wildman–Crippen LogP) is 4.11. The Labute approximate surface area is 123 Å². The summed E-state index contributed by atoms with van der Waals surface area (Å²) < 4.78 is 5.64. The Morgan fingerprint density at radius 2 is 1.90 bits per heavy atom. The lowest BCUT2D eigenvalue weighted by Crippen LogP contribution is -2.08. The number of aryl methyl sites for hydroxylation is 1. The quantitative estimate of drug-likeness (QED) is 0.662. The van der Waals surface area contributed by atoms with Gasteiger partial charge in [-0.25, -0.2) is 0 Å². The maximum Gasteiger partial charge on any atom is 0.311 e. The molecule has 2 rings (SSSR count). The van der Waals surface area contributed by atoms with Gasteiger partial charge in [0.15, 0.2) is 0 Å². The van der Waals surface area contributed by atoms with Crippen molar-refractivity contribution in [2.75, 3.05) is 0 Å². The molecule has 0 bridgehead atoms. The normalized spacial score (nSPS) is 12.0. The van der Waals surface area contributed by atoms with Crippen molar-refractivity contribution in [1.29, 1.82) is 0 Å². The summed E-state index contributed by atoms with van der Waals surface area (Å²) in [5, 5.41) is 11.0. The fraction of sp³-hybridized carbons (Fsp3) is 0.250. The van der Waals surface area contributed by atoms with Crippen LogP contribution < -0.4 is 10.5 Å². The van der Waals surface area contributed by atoms with Gasteiger partial charge in [0.1, 0.15) is 5.75 Å². The smallest absolute Gasteiger partial charge is 0.311 e. The van der Waals surface area contributed by atoms with Crippen molar-refractivity contribution in [3.8, 4) is 11.5 Å². The summed E-state index contributed by atoms with van der Waals surface area (Å²) in [6, 6.07) is 12.1. The number of benzene rings is 2. The second-order valence-electron chi connectivity index (χ2n) is 4.91. The minimum atomic E-state index is -0.448. The molecule has 0 saturated carbocycles. The fourth-order valence-corrected chi connectivity index (χ4v) is 2.00. The van der Waals surface area contributed by atoms with Gasteiger partial charge in [-0.05, 0) is 42.7 Å². The maximum atomic E-state index is 11.0. The van der Waals surface area contributed by atoms with Crippen LogP contribution in [0.3, 0.4) is 0 Å². The molecule has 2 aromatic carbocycles. The molecule has 21 heavy (non-hydrogen) atoms. The molecule has 0 aromatic heterocycles. The number of nitrogens with zero attached hydrogens (tertiary/aromatic N) is 1. The Morgan fingerprint density at radius 1 is 1.24 bits per heavy atom. The lowest BCUT2D eigenvalue weighted by Gasteiger charge is -2.11. The lowest BCUT2D eigenvalue weighted by atomic mass is 10.1. The topological polar surface area (TPSA) is 78.4 Å². The summed E-state index contributed by atoms with van der Waals surface area (Å²) in [5.74, 6) is 0.795. The molecule has 5 nitrogen and oxygen atoms in total. The van der Waals surface area contributed by atoms with Crippen molar-refractivity contribution in [2.45, 2.75) is 26.3 Å². The monoisotopic (exact) mass is 286 g/mol. The van der Waals surface area contributed by atoms with E-state index in [1.54, 1.807) is 24.3 Å². The molecular formula is C16H18N2O3. The Morgan fingerprint density at radius 3 is 2.48 bits per heavy atom. The van der Waals surface area contributed by atoms with Crippen LogP contribution in [0.4, 0.5) is 5.69 Å². The molecule has 0 spiro atoms. The highest BCUT2D eigenvalue weighted by molar-refractivity contribution is 5.50. The van der Waals surface area contributed by atoms with Crippen molar-refractivity contribution < 1.29 is 9.66 Å². The average molecular weight is 286 g/mol. The van der Waals surface area contributed by atoms with Crippen molar-refractivity contribution in [1.82, 2.24) is 0 Å². The second kappa shape index (κ2) is 6.37. The zero-order valence-electron chi connectivity index (χ0n) is 12.1. The molecular weight excluding hydrogens is 268 g/mol. The van der Waals surface area contributed by atoms with Crippen LogP contribution in [0.25, 0.3) is 0 Å². The van der Waals surface area contributed by atoms with Crippen LogP contribution in [0, 0.1) is 17.0 Å². The summed E-state index contributed by atoms with van der Waals surface area (Å²) in [6.07, 6.45) is 0.851. The first-order valence-corrected chi connectivity index (χ1v) is 6.79. The summed E-state index contributed by atoms with van der Waals surface area (Å²) in [5.41, 5.74) is 7.82. The molecule has 1 unspecified atom stereocenters. The van der Waals surface area contributed by atoms with E-state index in [2.05, 4.69) is 0 Å². The van der Waals surface area contributed by atoms with Crippen LogP contribution in [0.1, 0.15) is 30.5 Å². The van der Waals surface area contributed by atoms with E-state index in [1.165, 1.54) is 6.07 Å². The van der Waals surface area contributed by atoms with Crippen LogP contribution >= 0.6 is 0 Å². The number of nitrogens with two attached hydrogens (primary N) is 1. The van der Waals surface area contributed by atoms with Crippen LogP contribution in [-0.2, 0) is 0 Å². The second-order valence-corrected chi connectivity index (χ2v) is 4.91. The third-order valence-corrected chi connectivity index (χ3v) is 3.29. The summed E-state index contributed by atoms with van der Waals surface area (Å²) in [6.45, 7) is 3.88. The third-order valence-electron chi connectivity index (χ3n) is 3.29. The molecule has 0 aliphatic heterocycles. The number of hydrogen-bond acceptors (Lipinski definition) is 4. The Balaban J connectivity index is 2.26. The third kappa shape index (κ3) is 3.58. The lowest BCUT2D eigenvalue weighted by molar-refractivity contribution is -0.385. The van der Waals surface area contributed by atoms with E-state index in [0.29, 0.717) is 5.75 Å². The van der Waals surface area contributed by atoms with Crippen LogP contribution in [0.5, 0.6) is 11.5 Å². The molecule has 110 valence electrons. The first-order valence-electron chi connectivity index (χ1n) is 6.79. The van der Waals surface area contributed by atoms with E-state index < -0.39 is 4.92 Å². The molecule has 1 atom stereocenters. The zero-order valence-corrected chi connectivity index (χ0v) is 12.1. The number of ether oxygens (including phenoxy) is 1. The standard InChI is InChI=1S/C16H18N2O3/c1-3-14(17)12-5-7-13(8-6-12)21-16-10-11(2)4-9-15(16)18(19)20/h4-10,14H,3,17H2,1-2H3. The SMILES string of the molecule is CCC(N)c1ccc(Oc2cc(C)ccc2[N+](=O)[O-])cc1. The number of nitro groups is 1. The highest BCUT2D eigenvalue weighted by Gasteiger charge is 2.15. The first-order chi connectivity index (χ1) is 10.0. The van der Waals surface area contributed by atoms with Crippen LogP contribution in [0.2, 0.25) is 0 Å². The van der Waals surface area contributed by atoms with Gasteiger partial charge in [0.05, 0.1) is 4.92 Å². The number of hydrogen-bond donors (Lipinski definition) is 1. The van der Waals surface area contributed by atoms with Gasteiger partial charge < -0.3 is 10.5 Å². The van der Waals surface area contributed by atoms with E-state index in [9.17, 15) is 10.1 Å². The van der Waals surface area contributed by atoms with Gasteiger partial charge in [-0.15, -0.1) is 0 Å². The van der Waals surface area contributed by atoms with Gasteiger partial charge in [0.2, 0.25) is 5.75 Å². The van der Waals surface area contributed by atoms with E-state index >= 15 is 0 Å². The maximum absolute atomic E-state index is 11.0. The molecule has 0 aliphatic rings. The fourth-order valence-electron chi connectivity index (χ4n) is 2.00. The zero-order chi connectivity index (χ0) is 15.4. The van der Waals surface area contributed by atoms with Crippen molar-refractivity contribution in [3.63, 3.8) is 0 Å². The number of rotatable bonds is 5. The van der Waals surface area contributed by atoms with Gasteiger partial charge in [-0.1, -0.05) is 25.1 Å². The summed E-state index contributed by atoms with van der Waals surface area (Å²) in [4.78, 5) is 10.6. The molecule has 2 N–H and O–H groups in total. The van der Waals surface area contributed by atoms with E-state index in [-0.39, 0.29) is 17.5 Å². The van der Waals surface area contributed by atoms with E-state index in [1.807, 2.05) is 26.0 Å². The van der Waals surface area contributed by atoms with Gasteiger partial charge in [0, 0.05) is 12.1 Å². The Bertz CT molecular complexity index is 638. The minimum absolute atomic E-state index is 0.00708. The molecule has 0 amide bonds. The minimum Gasteiger partial charge on any atom is -0.450 e. The van der Waals surface area contributed by atoms with Gasteiger partial charge in [-0.3, -0.25) is 10.1 Å².